The van der Waals surface area contributed by atoms with Gasteiger partial charge in [-0.25, -0.2) is 0 Å². The van der Waals surface area contributed by atoms with Crippen molar-refractivity contribution in [2.45, 2.75) is 97.4 Å². The van der Waals surface area contributed by atoms with Crippen molar-refractivity contribution in [2.75, 3.05) is 0 Å². The molecule has 0 aliphatic heterocycles. The predicted octanol–water partition coefficient (Wildman–Crippen LogP) is 7.17. The summed E-state index contributed by atoms with van der Waals surface area (Å²) in [6.45, 7) is 13.7. The Morgan fingerprint density at radius 1 is 1.03 bits per heavy atom. The standard InChI is InChI=1S/C30H42O2/c1-20-12-13-23-14-15-27-29(4,5)25(16-17-30(27,6)26(23)18-20)28(24-10-8-7-9-11-24)32-22(3)19-21(2)31/h7-13,18,21-22,25,27-28,31H,14-17,19H2,1-6H3/t21-,22-,25+,27-,28-,30+/m0/s1. The monoisotopic (exact) mass is 434 g/mol. The Hall–Kier alpha value is -1.64. The second-order valence-corrected chi connectivity index (χ2v) is 11.5. The molecule has 32 heavy (non-hydrogen) atoms. The normalized spacial score (nSPS) is 29.5. The molecule has 0 unspecified atom stereocenters. The van der Waals surface area contributed by atoms with Gasteiger partial charge in [-0.1, -0.05) is 74.9 Å². The zero-order chi connectivity index (χ0) is 23.1. The smallest absolute Gasteiger partial charge is 0.0861 e. The van der Waals surface area contributed by atoms with Gasteiger partial charge in [0.1, 0.15) is 0 Å². The van der Waals surface area contributed by atoms with Crippen LogP contribution >= 0.6 is 0 Å². The van der Waals surface area contributed by atoms with E-state index < -0.39 is 0 Å². The Bertz CT molecular complexity index is 916. The van der Waals surface area contributed by atoms with Gasteiger partial charge in [-0.05, 0) is 92.2 Å². The van der Waals surface area contributed by atoms with Gasteiger partial charge in [0.15, 0.2) is 0 Å². The number of benzene rings is 2. The lowest BCUT2D eigenvalue weighted by Gasteiger charge is -2.59. The molecule has 2 aromatic carbocycles. The van der Waals surface area contributed by atoms with E-state index in [-0.39, 0.29) is 29.1 Å². The highest BCUT2D eigenvalue weighted by atomic mass is 16.5. The number of aryl methyl sites for hydroxylation is 2. The molecule has 1 saturated carbocycles. The fourth-order valence-electron chi connectivity index (χ4n) is 7.21. The summed E-state index contributed by atoms with van der Waals surface area (Å²) in [5, 5.41) is 9.94. The molecule has 2 aliphatic carbocycles. The average Bonchev–Trinajstić information content (AvgIpc) is 2.73. The van der Waals surface area contributed by atoms with Crippen LogP contribution in [0.5, 0.6) is 0 Å². The summed E-state index contributed by atoms with van der Waals surface area (Å²) < 4.78 is 6.76. The zero-order valence-corrected chi connectivity index (χ0v) is 20.9. The minimum absolute atomic E-state index is 0.0269. The molecule has 4 rings (SSSR count). The number of hydrogen-bond donors (Lipinski definition) is 1. The minimum Gasteiger partial charge on any atom is -0.393 e. The first-order valence-corrected chi connectivity index (χ1v) is 12.6. The van der Waals surface area contributed by atoms with Crippen LogP contribution in [0.3, 0.4) is 0 Å². The van der Waals surface area contributed by atoms with Gasteiger partial charge in [-0.15, -0.1) is 0 Å². The Morgan fingerprint density at radius 2 is 1.75 bits per heavy atom. The first-order valence-electron chi connectivity index (χ1n) is 12.6. The molecule has 0 heterocycles. The van der Waals surface area contributed by atoms with Crippen LogP contribution < -0.4 is 0 Å². The van der Waals surface area contributed by atoms with Crippen LogP contribution in [0.25, 0.3) is 0 Å². The fraction of sp³-hybridized carbons (Fsp3) is 0.600. The van der Waals surface area contributed by atoms with E-state index in [1.807, 2.05) is 6.92 Å². The summed E-state index contributed by atoms with van der Waals surface area (Å²) in [7, 11) is 0. The average molecular weight is 435 g/mol. The zero-order valence-electron chi connectivity index (χ0n) is 20.9. The second-order valence-electron chi connectivity index (χ2n) is 11.5. The van der Waals surface area contributed by atoms with E-state index >= 15 is 0 Å². The lowest BCUT2D eigenvalue weighted by Crippen LogP contribution is -2.53. The number of fused-ring (bicyclic) bond motifs is 3. The van der Waals surface area contributed by atoms with Crippen LogP contribution in [0.2, 0.25) is 0 Å². The number of aliphatic hydroxyl groups excluding tert-OH is 1. The molecule has 6 atom stereocenters. The quantitative estimate of drug-likeness (QED) is 0.522. The van der Waals surface area contributed by atoms with Crippen molar-refractivity contribution in [1.82, 2.24) is 0 Å². The lowest BCUT2D eigenvalue weighted by atomic mass is 9.46. The van der Waals surface area contributed by atoms with E-state index in [0.717, 1.165) is 6.42 Å². The molecule has 0 radical (unpaired) electrons. The van der Waals surface area contributed by atoms with Gasteiger partial charge in [-0.3, -0.25) is 0 Å². The van der Waals surface area contributed by atoms with Gasteiger partial charge in [0.25, 0.3) is 0 Å². The lowest BCUT2D eigenvalue weighted by molar-refractivity contribution is -0.123. The Morgan fingerprint density at radius 3 is 2.44 bits per heavy atom. The van der Waals surface area contributed by atoms with Crippen molar-refractivity contribution in [3.05, 3.63) is 70.8 Å². The van der Waals surface area contributed by atoms with E-state index in [0.29, 0.717) is 18.3 Å². The van der Waals surface area contributed by atoms with E-state index in [1.165, 1.54) is 30.4 Å². The maximum Gasteiger partial charge on any atom is 0.0861 e. The van der Waals surface area contributed by atoms with Crippen LogP contribution in [0.1, 0.15) is 88.7 Å². The highest BCUT2D eigenvalue weighted by Gasteiger charge is 2.55. The molecule has 0 bridgehead atoms. The Labute approximate surface area is 195 Å². The molecular weight excluding hydrogens is 392 g/mol. The first-order chi connectivity index (χ1) is 15.1. The summed E-state index contributed by atoms with van der Waals surface area (Å²) in [5.74, 6) is 1.08. The van der Waals surface area contributed by atoms with Crippen molar-refractivity contribution >= 4 is 0 Å². The minimum atomic E-state index is -0.345. The topological polar surface area (TPSA) is 29.5 Å². The van der Waals surface area contributed by atoms with E-state index in [2.05, 4.69) is 83.1 Å². The third-order valence-corrected chi connectivity index (χ3v) is 8.73. The summed E-state index contributed by atoms with van der Waals surface area (Å²) in [5.41, 5.74) is 6.19. The third-order valence-electron chi connectivity index (χ3n) is 8.73. The molecule has 2 aliphatic rings. The molecule has 2 aromatic rings. The molecule has 0 aromatic heterocycles. The second kappa shape index (κ2) is 8.95. The van der Waals surface area contributed by atoms with Crippen molar-refractivity contribution < 1.29 is 9.84 Å². The predicted molar refractivity (Wildman–Crippen MR) is 133 cm³/mol. The van der Waals surface area contributed by atoms with Gasteiger partial charge < -0.3 is 9.84 Å². The number of aliphatic hydroxyl groups is 1. The van der Waals surface area contributed by atoms with Crippen LogP contribution in [-0.2, 0) is 16.6 Å². The van der Waals surface area contributed by atoms with Gasteiger partial charge in [-0.2, -0.15) is 0 Å². The summed E-state index contributed by atoms with van der Waals surface area (Å²) >= 11 is 0. The van der Waals surface area contributed by atoms with E-state index in [9.17, 15) is 5.11 Å². The summed E-state index contributed by atoms with van der Waals surface area (Å²) in [6.07, 6.45) is 5.21. The van der Waals surface area contributed by atoms with Crippen LogP contribution in [0.15, 0.2) is 48.5 Å². The first kappa shape index (κ1) is 23.5. The van der Waals surface area contributed by atoms with Crippen LogP contribution in [0.4, 0.5) is 0 Å². The van der Waals surface area contributed by atoms with E-state index in [1.54, 1.807) is 11.1 Å². The van der Waals surface area contributed by atoms with Gasteiger partial charge in [0, 0.05) is 0 Å². The maximum absolute atomic E-state index is 9.94. The molecule has 0 amide bonds. The number of rotatable bonds is 6. The van der Waals surface area contributed by atoms with Gasteiger partial charge >= 0.3 is 0 Å². The Balaban J connectivity index is 1.69. The van der Waals surface area contributed by atoms with Crippen molar-refractivity contribution in [3.63, 3.8) is 0 Å². The highest BCUT2D eigenvalue weighted by molar-refractivity contribution is 5.41. The van der Waals surface area contributed by atoms with Crippen molar-refractivity contribution in [2.24, 2.45) is 17.3 Å². The van der Waals surface area contributed by atoms with Crippen molar-refractivity contribution in [3.8, 4) is 0 Å². The van der Waals surface area contributed by atoms with E-state index in [4.69, 9.17) is 4.74 Å². The molecule has 0 saturated heterocycles. The molecule has 2 heteroatoms. The maximum atomic E-state index is 9.94. The molecule has 1 fully saturated rings. The largest absolute Gasteiger partial charge is 0.393 e. The summed E-state index contributed by atoms with van der Waals surface area (Å²) in [4.78, 5) is 0. The molecule has 0 spiro atoms. The number of ether oxygens (including phenoxy) is 1. The number of hydrogen-bond acceptors (Lipinski definition) is 2. The summed E-state index contributed by atoms with van der Waals surface area (Å²) in [6, 6.07) is 17.9. The molecular formula is C30H42O2. The van der Waals surface area contributed by atoms with Crippen LogP contribution in [-0.4, -0.2) is 17.3 Å². The SMILES string of the molecule is Cc1ccc2c(c1)[C@@]1(C)CC[C@H]([C@@H](O[C@@H](C)C[C@H](C)O)c3ccccc3)C(C)(C)[C@@H]1CC2. The van der Waals surface area contributed by atoms with Crippen LogP contribution in [0, 0.1) is 24.2 Å². The third kappa shape index (κ3) is 4.29. The molecule has 2 nitrogen and oxygen atoms in total. The van der Waals surface area contributed by atoms with Crippen molar-refractivity contribution in [1.29, 1.82) is 0 Å². The fourth-order valence-corrected chi connectivity index (χ4v) is 7.21. The Kier molecular flexibility index (Phi) is 6.58. The highest BCUT2D eigenvalue weighted by Crippen LogP contribution is 2.62. The molecule has 174 valence electrons. The van der Waals surface area contributed by atoms with Gasteiger partial charge in [0.2, 0.25) is 0 Å². The molecule has 1 N–H and O–H groups in total. The van der Waals surface area contributed by atoms with Gasteiger partial charge in [0.05, 0.1) is 18.3 Å².